The van der Waals surface area contributed by atoms with E-state index in [1.807, 2.05) is 13.8 Å². The molecule has 108 valence electrons. The minimum atomic E-state index is -0.484. The highest BCUT2D eigenvalue weighted by Crippen LogP contribution is 2.31. The first-order valence-corrected chi connectivity index (χ1v) is 6.40. The number of likely N-dealkylation sites (tertiary alicyclic amines) is 1. The van der Waals surface area contributed by atoms with Crippen molar-refractivity contribution in [2.24, 2.45) is 5.73 Å². The van der Waals surface area contributed by atoms with Crippen LogP contribution in [0.4, 0.5) is 0 Å². The Morgan fingerprint density at radius 1 is 1.47 bits per heavy atom. The van der Waals surface area contributed by atoms with E-state index >= 15 is 0 Å². The molecule has 1 aromatic rings. The first-order valence-electron chi connectivity index (χ1n) is 6.40. The molecule has 2 rings (SSSR count). The van der Waals surface area contributed by atoms with Gasteiger partial charge in [0.15, 0.2) is 5.82 Å². The summed E-state index contributed by atoms with van der Waals surface area (Å²) in [6.45, 7) is 6.41. The molecule has 1 aliphatic rings. The third kappa shape index (κ3) is 3.25. The molecule has 0 aromatic carbocycles. The Morgan fingerprint density at radius 2 is 2.16 bits per heavy atom. The van der Waals surface area contributed by atoms with E-state index in [0.29, 0.717) is 11.7 Å². The molecule has 2 heterocycles. The van der Waals surface area contributed by atoms with E-state index in [-0.39, 0.29) is 30.3 Å². The summed E-state index contributed by atoms with van der Waals surface area (Å²) < 4.78 is 5.20. The van der Waals surface area contributed by atoms with E-state index in [4.69, 9.17) is 10.3 Å². The van der Waals surface area contributed by atoms with Gasteiger partial charge in [0.2, 0.25) is 11.8 Å². The van der Waals surface area contributed by atoms with Gasteiger partial charge in [-0.3, -0.25) is 4.79 Å². The van der Waals surface area contributed by atoms with Crippen LogP contribution in [0.5, 0.6) is 0 Å². The van der Waals surface area contributed by atoms with Crippen LogP contribution in [0.15, 0.2) is 4.52 Å². The molecule has 0 radical (unpaired) electrons. The molecule has 6 nitrogen and oxygen atoms in total. The van der Waals surface area contributed by atoms with Crippen molar-refractivity contribution in [2.75, 3.05) is 6.54 Å². The molecule has 1 unspecified atom stereocenters. The first-order chi connectivity index (χ1) is 8.50. The molecule has 0 spiro atoms. The summed E-state index contributed by atoms with van der Waals surface area (Å²) in [7, 11) is 0. The summed E-state index contributed by atoms with van der Waals surface area (Å²) in [6, 6.07) is -0.568. The van der Waals surface area contributed by atoms with Gasteiger partial charge in [0.05, 0.1) is 12.1 Å². The number of carbonyl (C=O) groups is 1. The maximum atomic E-state index is 12.0. The predicted molar refractivity (Wildman–Crippen MR) is 73.0 cm³/mol. The van der Waals surface area contributed by atoms with E-state index in [1.165, 1.54) is 0 Å². The predicted octanol–water partition coefficient (Wildman–Crippen LogP) is 1.63. The third-order valence-corrected chi connectivity index (χ3v) is 3.17. The summed E-state index contributed by atoms with van der Waals surface area (Å²) in [5.41, 5.74) is 5.65. The highest BCUT2D eigenvalue weighted by Gasteiger charge is 2.34. The average Bonchev–Trinajstić information content (AvgIpc) is 2.96. The largest absolute Gasteiger partial charge is 0.339 e. The lowest BCUT2D eigenvalue weighted by Crippen LogP contribution is -2.41. The number of nitrogens with zero attached hydrogens (tertiary/aromatic N) is 3. The second-order valence-electron chi connectivity index (χ2n) is 5.12. The Labute approximate surface area is 119 Å². The zero-order valence-corrected chi connectivity index (χ0v) is 12.3. The van der Waals surface area contributed by atoms with Crippen LogP contribution in [0.25, 0.3) is 0 Å². The maximum Gasteiger partial charge on any atom is 0.239 e. The Bertz CT molecular complexity index is 433. The molecule has 1 amide bonds. The van der Waals surface area contributed by atoms with Crippen LogP contribution in [-0.2, 0) is 4.79 Å². The molecule has 1 fully saturated rings. The molecule has 1 aliphatic heterocycles. The van der Waals surface area contributed by atoms with E-state index < -0.39 is 6.04 Å². The molecular weight excluding hydrogens is 268 g/mol. The van der Waals surface area contributed by atoms with Crippen molar-refractivity contribution < 1.29 is 9.32 Å². The van der Waals surface area contributed by atoms with Crippen LogP contribution < -0.4 is 5.73 Å². The lowest BCUT2D eigenvalue weighted by molar-refractivity contribution is -0.133. The second-order valence-corrected chi connectivity index (χ2v) is 5.12. The molecule has 0 saturated carbocycles. The summed E-state index contributed by atoms with van der Waals surface area (Å²) in [6.07, 6.45) is 1.82. The van der Waals surface area contributed by atoms with Crippen molar-refractivity contribution in [3.8, 4) is 0 Å². The number of aromatic nitrogens is 2. The minimum Gasteiger partial charge on any atom is -0.339 e. The molecular formula is C12H21ClN4O2. The highest BCUT2D eigenvalue weighted by molar-refractivity contribution is 5.85. The molecule has 1 saturated heterocycles. The van der Waals surface area contributed by atoms with E-state index in [0.717, 1.165) is 19.4 Å². The van der Waals surface area contributed by atoms with Crippen molar-refractivity contribution >= 4 is 18.3 Å². The number of hydrogen-bond acceptors (Lipinski definition) is 5. The fourth-order valence-electron chi connectivity index (χ4n) is 2.18. The SMILES string of the molecule is CC(C)c1nc(C2CCCN2C(=O)[C@H](C)N)no1.Cl. The van der Waals surface area contributed by atoms with Gasteiger partial charge in [-0.1, -0.05) is 19.0 Å². The minimum absolute atomic E-state index is 0. The number of nitrogens with two attached hydrogens (primary N) is 1. The van der Waals surface area contributed by atoms with Gasteiger partial charge in [-0.2, -0.15) is 4.98 Å². The number of halogens is 1. The van der Waals surface area contributed by atoms with Gasteiger partial charge >= 0.3 is 0 Å². The zero-order chi connectivity index (χ0) is 13.3. The lowest BCUT2D eigenvalue weighted by Gasteiger charge is -2.23. The van der Waals surface area contributed by atoms with Gasteiger partial charge in [0, 0.05) is 12.5 Å². The van der Waals surface area contributed by atoms with Gasteiger partial charge in [-0.05, 0) is 19.8 Å². The summed E-state index contributed by atoms with van der Waals surface area (Å²) >= 11 is 0. The number of amides is 1. The number of hydrogen-bond donors (Lipinski definition) is 1. The highest BCUT2D eigenvalue weighted by atomic mass is 35.5. The van der Waals surface area contributed by atoms with E-state index in [9.17, 15) is 4.79 Å². The normalized spacial score (nSPS) is 20.5. The van der Waals surface area contributed by atoms with Crippen LogP contribution >= 0.6 is 12.4 Å². The first kappa shape index (κ1) is 15.9. The molecule has 2 atom stereocenters. The Balaban J connectivity index is 0.00000180. The molecule has 19 heavy (non-hydrogen) atoms. The summed E-state index contributed by atoms with van der Waals surface area (Å²) in [5, 5.41) is 3.99. The van der Waals surface area contributed by atoms with Gasteiger partial charge < -0.3 is 15.2 Å². The second kappa shape index (κ2) is 6.34. The van der Waals surface area contributed by atoms with Gasteiger partial charge in [0.25, 0.3) is 0 Å². The Hall–Kier alpha value is -1.14. The van der Waals surface area contributed by atoms with Crippen LogP contribution in [0.1, 0.15) is 57.3 Å². The quantitative estimate of drug-likeness (QED) is 0.913. The Kier molecular flexibility index (Phi) is 5.31. The van der Waals surface area contributed by atoms with Crippen molar-refractivity contribution in [3.05, 3.63) is 11.7 Å². The van der Waals surface area contributed by atoms with Crippen LogP contribution in [-0.4, -0.2) is 33.5 Å². The van der Waals surface area contributed by atoms with Gasteiger partial charge in [-0.25, -0.2) is 0 Å². The molecule has 2 N–H and O–H groups in total. The van der Waals surface area contributed by atoms with E-state index in [1.54, 1.807) is 11.8 Å². The smallest absolute Gasteiger partial charge is 0.239 e. The number of carbonyl (C=O) groups excluding carboxylic acids is 1. The Morgan fingerprint density at radius 3 is 2.68 bits per heavy atom. The van der Waals surface area contributed by atoms with Crippen LogP contribution in [0.3, 0.4) is 0 Å². The standard InChI is InChI=1S/C12H20N4O2.ClH/c1-7(2)11-14-10(15-18-11)9-5-4-6-16(9)12(17)8(3)13;/h7-9H,4-6,13H2,1-3H3;1H/t8-,9?;/m0./s1. The van der Waals surface area contributed by atoms with Crippen molar-refractivity contribution in [1.29, 1.82) is 0 Å². The monoisotopic (exact) mass is 288 g/mol. The van der Waals surface area contributed by atoms with Crippen molar-refractivity contribution in [3.63, 3.8) is 0 Å². The van der Waals surface area contributed by atoms with Gasteiger partial charge in [0.1, 0.15) is 0 Å². The van der Waals surface area contributed by atoms with Crippen molar-refractivity contribution in [2.45, 2.75) is 51.6 Å². The molecule has 7 heteroatoms. The van der Waals surface area contributed by atoms with Crippen LogP contribution in [0, 0.1) is 0 Å². The molecule has 1 aromatic heterocycles. The summed E-state index contributed by atoms with van der Waals surface area (Å²) in [5.74, 6) is 1.37. The molecule has 0 bridgehead atoms. The van der Waals surface area contributed by atoms with Crippen LogP contribution in [0.2, 0.25) is 0 Å². The van der Waals surface area contributed by atoms with Crippen molar-refractivity contribution in [1.82, 2.24) is 15.0 Å². The topological polar surface area (TPSA) is 85.2 Å². The fraction of sp³-hybridized carbons (Fsp3) is 0.750. The molecule has 0 aliphatic carbocycles. The third-order valence-electron chi connectivity index (χ3n) is 3.17. The summed E-state index contributed by atoms with van der Waals surface area (Å²) in [4.78, 5) is 18.1. The lowest BCUT2D eigenvalue weighted by atomic mass is 10.2. The fourth-order valence-corrected chi connectivity index (χ4v) is 2.18. The average molecular weight is 289 g/mol. The number of rotatable bonds is 3. The zero-order valence-electron chi connectivity index (χ0n) is 11.5. The maximum absolute atomic E-state index is 12.0. The van der Waals surface area contributed by atoms with Gasteiger partial charge in [-0.15, -0.1) is 12.4 Å². The van der Waals surface area contributed by atoms with E-state index in [2.05, 4.69) is 10.1 Å².